The van der Waals surface area contributed by atoms with Crippen LogP contribution in [0, 0.1) is 0 Å². The van der Waals surface area contributed by atoms with Gasteiger partial charge in [0.25, 0.3) is 0 Å². The molecule has 1 rings (SSSR count). The van der Waals surface area contributed by atoms with E-state index < -0.39 is 0 Å². The van der Waals surface area contributed by atoms with Crippen LogP contribution in [0.5, 0.6) is 0 Å². The molecule has 0 saturated carbocycles. The topological polar surface area (TPSA) is 3.24 Å². The van der Waals surface area contributed by atoms with Crippen molar-refractivity contribution in [3.63, 3.8) is 0 Å². The Morgan fingerprint density at radius 1 is 1.18 bits per heavy atom. The molecule has 0 fully saturated rings. The lowest BCUT2D eigenvalue weighted by molar-refractivity contribution is 0.132. The molecule has 1 aliphatic heterocycles. The van der Waals surface area contributed by atoms with Crippen LogP contribution >= 0.6 is 0 Å². The van der Waals surface area contributed by atoms with Gasteiger partial charge >= 0.3 is 0 Å². The summed E-state index contributed by atoms with van der Waals surface area (Å²) in [5.41, 5.74) is 0.434. The van der Waals surface area contributed by atoms with Crippen LogP contribution in [0.2, 0.25) is 0 Å². The summed E-state index contributed by atoms with van der Waals surface area (Å²) < 4.78 is 0. The molecule has 0 aromatic heterocycles. The lowest BCUT2D eigenvalue weighted by Gasteiger charge is -2.37. The van der Waals surface area contributed by atoms with Crippen LogP contribution in [-0.2, 0) is 0 Å². The number of hydrogen-bond acceptors (Lipinski definition) is 1. The van der Waals surface area contributed by atoms with Crippen molar-refractivity contribution >= 4 is 0 Å². The SMILES string of the molecule is CCC(C)(CC)N1CC=CC1. The number of hydrogen-bond donors (Lipinski definition) is 0. The average molecular weight is 153 g/mol. The minimum atomic E-state index is 0.434. The highest BCUT2D eigenvalue weighted by molar-refractivity contribution is 5.01. The van der Waals surface area contributed by atoms with Crippen molar-refractivity contribution in [3.05, 3.63) is 12.2 Å². The minimum absolute atomic E-state index is 0.434. The molecular weight excluding hydrogens is 134 g/mol. The van der Waals surface area contributed by atoms with Crippen molar-refractivity contribution < 1.29 is 0 Å². The van der Waals surface area contributed by atoms with Gasteiger partial charge in [-0.15, -0.1) is 0 Å². The summed E-state index contributed by atoms with van der Waals surface area (Å²) in [7, 11) is 0. The van der Waals surface area contributed by atoms with E-state index in [-0.39, 0.29) is 0 Å². The van der Waals surface area contributed by atoms with Crippen molar-refractivity contribution in [2.24, 2.45) is 0 Å². The minimum Gasteiger partial charge on any atom is -0.291 e. The van der Waals surface area contributed by atoms with Gasteiger partial charge < -0.3 is 0 Å². The van der Waals surface area contributed by atoms with Crippen LogP contribution in [0.25, 0.3) is 0 Å². The molecule has 0 N–H and O–H groups in total. The van der Waals surface area contributed by atoms with Crippen LogP contribution in [-0.4, -0.2) is 23.5 Å². The molecule has 0 aromatic rings. The van der Waals surface area contributed by atoms with Crippen LogP contribution in [0.3, 0.4) is 0 Å². The Labute approximate surface area is 70.1 Å². The van der Waals surface area contributed by atoms with Crippen LogP contribution in [0.4, 0.5) is 0 Å². The third-order valence-corrected chi connectivity index (χ3v) is 3.11. The van der Waals surface area contributed by atoms with Gasteiger partial charge in [-0.25, -0.2) is 0 Å². The molecule has 0 saturated heterocycles. The Morgan fingerprint density at radius 3 is 2.00 bits per heavy atom. The Balaban J connectivity index is 2.54. The summed E-state index contributed by atoms with van der Waals surface area (Å²) in [6.07, 6.45) is 7.05. The largest absolute Gasteiger partial charge is 0.291 e. The second-order valence-corrected chi connectivity index (χ2v) is 3.58. The third-order valence-electron chi connectivity index (χ3n) is 3.11. The summed E-state index contributed by atoms with van der Waals surface area (Å²) in [5, 5.41) is 0. The van der Waals surface area contributed by atoms with E-state index in [9.17, 15) is 0 Å². The van der Waals surface area contributed by atoms with Gasteiger partial charge in [0.1, 0.15) is 0 Å². The maximum Gasteiger partial charge on any atom is 0.0182 e. The zero-order valence-electron chi connectivity index (χ0n) is 7.93. The Hall–Kier alpha value is -0.300. The van der Waals surface area contributed by atoms with Crippen molar-refractivity contribution in [3.8, 4) is 0 Å². The van der Waals surface area contributed by atoms with Crippen LogP contribution in [0.1, 0.15) is 33.6 Å². The van der Waals surface area contributed by atoms with E-state index in [1.54, 1.807) is 0 Å². The molecule has 0 amide bonds. The molecular formula is C10H19N. The van der Waals surface area contributed by atoms with Crippen molar-refractivity contribution in [1.82, 2.24) is 4.90 Å². The molecule has 1 aliphatic rings. The highest BCUT2D eigenvalue weighted by Gasteiger charge is 2.27. The predicted octanol–water partition coefficient (Wildman–Crippen LogP) is 2.44. The first kappa shape index (κ1) is 8.79. The molecule has 0 aliphatic carbocycles. The van der Waals surface area contributed by atoms with E-state index in [2.05, 4.69) is 37.8 Å². The van der Waals surface area contributed by atoms with Gasteiger partial charge in [-0.1, -0.05) is 26.0 Å². The van der Waals surface area contributed by atoms with Gasteiger partial charge in [0.15, 0.2) is 0 Å². The maximum absolute atomic E-state index is 2.55. The van der Waals surface area contributed by atoms with Crippen molar-refractivity contribution in [2.45, 2.75) is 39.2 Å². The van der Waals surface area contributed by atoms with Gasteiger partial charge in [0.2, 0.25) is 0 Å². The lowest BCUT2D eigenvalue weighted by Crippen LogP contribution is -2.43. The fraction of sp³-hybridized carbons (Fsp3) is 0.800. The monoisotopic (exact) mass is 153 g/mol. The Bertz CT molecular complexity index is 137. The Morgan fingerprint density at radius 2 is 1.64 bits per heavy atom. The van der Waals surface area contributed by atoms with Gasteiger partial charge in [-0.2, -0.15) is 0 Å². The highest BCUT2D eigenvalue weighted by Crippen LogP contribution is 2.24. The number of rotatable bonds is 3. The first-order valence-electron chi connectivity index (χ1n) is 4.63. The van der Waals surface area contributed by atoms with Gasteiger partial charge in [-0.05, 0) is 19.8 Å². The van der Waals surface area contributed by atoms with E-state index in [1.807, 2.05) is 0 Å². The standard InChI is InChI=1S/C10H19N/c1-4-10(3,5-2)11-8-6-7-9-11/h6-7H,4-5,8-9H2,1-3H3. The molecule has 11 heavy (non-hydrogen) atoms. The molecule has 0 atom stereocenters. The molecule has 0 radical (unpaired) electrons. The highest BCUT2D eigenvalue weighted by atomic mass is 15.2. The second kappa shape index (κ2) is 3.40. The maximum atomic E-state index is 2.55. The summed E-state index contributed by atoms with van der Waals surface area (Å²) in [6, 6.07) is 0. The smallest absolute Gasteiger partial charge is 0.0182 e. The zero-order chi connectivity index (χ0) is 8.32. The van der Waals surface area contributed by atoms with Crippen molar-refractivity contribution in [2.75, 3.05) is 13.1 Å². The zero-order valence-corrected chi connectivity index (χ0v) is 7.93. The molecule has 1 nitrogen and oxygen atoms in total. The first-order valence-corrected chi connectivity index (χ1v) is 4.63. The molecule has 0 bridgehead atoms. The van der Waals surface area contributed by atoms with E-state index in [0.717, 1.165) is 13.1 Å². The molecule has 0 aromatic carbocycles. The van der Waals surface area contributed by atoms with Crippen molar-refractivity contribution in [1.29, 1.82) is 0 Å². The predicted molar refractivity (Wildman–Crippen MR) is 49.7 cm³/mol. The molecule has 1 heterocycles. The van der Waals surface area contributed by atoms with E-state index in [0.29, 0.717) is 5.54 Å². The summed E-state index contributed by atoms with van der Waals surface area (Å²) in [4.78, 5) is 2.55. The fourth-order valence-corrected chi connectivity index (χ4v) is 1.62. The normalized spacial score (nSPS) is 19.5. The van der Waals surface area contributed by atoms with E-state index >= 15 is 0 Å². The average Bonchev–Trinajstić information content (AvgIpc) is 2.55. The van der Waals surface area contributed by atoms with Crippen LogP contribution < -0.4 is 0 Å². The number of nitrogens with zero attached hydrogens (tertiary/aromatic N) is 1. The Kier molecular flexibility index (Phi) is 2.72. The van der Waals surface area contributed by atoms with E-state index in [1.165, 1.54) is 12.8 Å². The second-order valence-electron chi connectivity index (χ2n) is 3.58. The molecule has 0 unspecified atom stereocenters. The molecule has 64 valence electrons. The summed E-state index contributed by atoms with van der Waals surface area (Å²) >= 11 is 0. The fourth-order valence-electron chi connectivity index (χ4n) is 1.62. The van der Waals surface area contributed by atoms with Crippen LogP contribution in [0.15, 0.2) is 12.2 Å². The van der Waals surface area contributed by atoms with E-state index in [4.69, 9.17) is 0 Å². The first-order chi connectivity index (χ1) is 5.23. The summed E-state index contributed by atoms with van der Waals surface area (Å²) in [5.74, 6) is 0. The third kappa shape index (κ3) is 1.64. The van der Waals surface area contributed by atoms with Gasteiger partial charge in [0.05, 0.1) is 0 Å². The lowest BCUT2D eigenvalue weighted by atomic mass is 9.93. The molecule has 0 spiro atoms. The van der Waals surface area contributed by atoms with Gasteiger partial charge in [-0.3, -0.25) is 4.90 Å². The van der Waals surface area contributed by atoms with Gasteiger partial charge in [0, 0.05) is 18.6 Å². The molecule has 1 heteroatoms. The summed E-state index contributed by atoms with van der Waals surface area (Å²) in [6.45, 7) is 9.22. The quantitative estimate of drug-likeness (QED) is 0.563.